The summed E-state index contributed by atoms with van der Waals surface area (Å²) in [6.07, 6.45) is 6.14. The number of rotatable bonds is 4. The summed E-state index contributed by atoms with van der Waals surface area (Å²) in [5.41, 5.74) is 0. The molecule has 0 aliphatic heterocycles. The van der Waals surface area contributed by atoms with Gasteiger partial charge in [0.1, 0.15) is 5.01 Å². The highest BCUT2D eigenvalue weighted by molar-refractivity contribution is 7.11. The molecule has 1 aliphatic rings. The maximum atomic E-state index is 11.8. The van der Waals surface area contributed by atoms with Crippen LogP contribution in [0, 0.1) is 0 Å². The minimum atomic E-state index is -0.411. The summed E-state index contributed by atoms with van der Waals surface area (Å²) in [5, 5.41) is 16.3. The highest BCUT2D eigenvalue weighted by Gasteiger charge is 2.24. The number of hydrogen-bond acceptors (Lipinski definition) is 4. The van der Waals surface area contributed by atoms with Crippen molar-refractivity contribution in [3.8, 4) is 0 Å². The summed E-state index contributed by atoms with van der Waals surface area (Å²) in [4.78, 5) is 17.2. The van der Waals surface area contributed by atoms with Gasteiger partial charge in [-0.15, -0.1) is 11.3 Å². The molecule has 1 heterocycles. The van der Waals surface area contributed by atoms with Crippen LogP contribution in [0.1, 0.15) is 42.5 Å². The van der Waals surface area contributed by atoms with Gasteiger partial charge in [-0.05, 0) is 19.3 Å². The van der Waals surface area contributed by atoms with E-state index in [1.807, 2.05) is 6.20 Å². The van der Waals surface area contributed by atoms with Gasteiger partial charge in [0.2, 0.25) is 0 Å². The molecule has 0 aromatic carbocycles. The zero-order chi connectivity index (χ0) is 13.7. The van der Waals surface area contributed by atoms with E-state index in [0.29, 0.717) is 6.54 Å². The van der Waals surface area contributed by atoms with E-state index in [1.165, 1.54) is 4.88 Å². The van der Waals surface area contributed by atoms with E-state index in [4.69, 9.17) is 0 Å². The monoisotopic (exact) mass is 283 g/mol. The van der Waals surface area contributed by atoms with E-state index >= 15 is 0 Å². The van der Waals surface area contributed by atoms with Gasteiger partial charge in [-0.2, -0.15) is 0 Å². The molecule has 1 saturated carbocycles. The number of thiazole rings is 1. The standard InChI is InChI=1S/C13H21N3O2S/c1-2-9-7-14-12(19-9)8-15-13(18)16-10-5-3-4-6-11(10)17/h7,10-11,17H,2-6,8H2,1H3,(H2,15,16,18)/t10-,11-/m1/s1. The summed E-state index contributed by atoms with van der Waals surface area (Å²) in [6.45, 7) is 2.53. The van der Waals surface area contributed by atoms with Gasteiger partial charge in [0, 0.05) is 11.1 Å². The summed E-state index contributed by atoms with van der Waals surface area (Å²) in [6, 6.07) is -0.338. The second-order valence-corrected chi connectivity index (χ2v) is 6.06. The number of aromatic nitrogens is 1. The van der Waals surface area contributed by atoms with Gasteiger partial charge in [0.05, 0.1) is 18.7 Å². The number of aliphatic hydroxyl groups excluding tert-OH is 1. The molecule has 2 amide bonds. The molecule has 3 N–H and O–H groups in total. The summed E-state index contributed by atoms with van der Waals surface area (Å²) in [7, 11) is 0. The molecule has 19 heavy (non-hydrogen) atoms. The fourth-order valence-corrected chi connectivity index (χ4v) is 3.05. The number of urea groups is 1. The smallest absolute Gasteiger partial charge is 0.315 e. The van der Waals surface area contributed by atoms with Crippen LogP contribution in [0.2, 0.25) is 0 Å². The number of carbonyl (C=O) groups is 1. The van der Waals surface area contributed by atoms with Crippen LogP contribution in [0.5, 0.6) is 0 Å². The fraction of sp³-hybridized carbons (Fsp3) is 0.692. The Labute approximate surface area is 117 Å². The molecule has 1 aromatic rings. The SMILES string of the molecule is CCc1cnc(CNC(=O)N[C@@H]2CCCC[C@H]2O)s1. The third kappa shape index (κ3) is 4.18. The number of nitrogens with one attached hydrogen (secondary N) is 2. The largest absolute Gasteiger partial charge is 0.391 e. The molecule has 106 valence electrons. The number of hydrogen-bond donors (Lipinski definition) is 3. The van der Waals surface area contributed by atoms with Crippen molar-refractivity contribution in [3.63, 3.8) is 0 Å². The Morgan fingerprint density at radius 1 is 1.53 bits per heavy atom. The van der Waals surface area contributed by atoms with Crippen molar-refractivity contribution >= 4 is 17.4 Å². The van der Waals surface area contributed by atoms with E-state index in [9.17, 15) is 9.90 Å². The van der Waals surface area contributed by atoms with Crippen LogP contribution in [-0.4, -0.2) is 28.3 Å². The maximum absolute atomic E-state index is 11.8. The number of amides is 2. The van der Waals surface area contributed by atoms with Crippen LogP contribution in [0.15, 0.2) is 6.20 Å². The van der Waals surface area contributed by atoms with Crippen molar-refractivity contribution < 1.29 is 9.90 Å². The van der Waals surface area contributed by atoms with Gasteiger partial charge in [-0.1, -0.05) is 19.8 Å². The first-order valence-electron chi connectivity index (χ1n) is 6.85. The molecule has 2 atom stereocenters. The Kier molecular flexibility index (Phi) is 5.15. The minimum Gasteiger partial charge on any atom is -0.391 e. The lowest BCUT2D eigenvalue weighted by Crippen LogP contribution is -2.48. The van der Waals surface area contributed by atoms with Gasteiger partial charge in [0.15, 0.2) is 0 Å². The Morgan fingerprint density at radius 3 is 3.00 bits per heavy atom. The number of aryl methyl sites for hydroxylation is 1. The summed E-state index contributed by atoms with van der Waals surface area (Å²) < 4.78 is 0. The molecule has 1 aliphatic carbocycles. The molecule has 5 nitrogen and oxygen atoms in total. The quantitative estimate of drug-likeness (QED) is 0.789. The molecule has 0 bridgehead atoms. The topological polar surface area (TPSA) is 74.2 Å². The molecule has 6 heteroatoms. The second kappa shape index (κ2) is 6.86. The first kappa shape index (κ1) is 14.3. The number of carbonyl (C=O) groups excluding carboxylic acids is 1. The lowest BCUT2D eigenvalue weighted by Gasteiger charge is -2.28. The molecule has 1 aromatic heterocycles. The van der Waals surface area contributed by atoms with Crippen molar-refractivity contribution in [2.24, 2.45) is 0 Å². The number of aliphatic hydroxyl groups is 1. The van der Waals surface area contributed by atoms with E-state index in [-0.39, 0.29) is 12.1 Å². The number of nitrogens with zero attached hydrogens (tertiary/aromatic N) is 1. The maximum Gasteiger partial charge on any atom is 0.315 e. The average molecular weight is 283 g/mol. The lowest BCUT2D eigenvalue weighted by molar-refractivity contribution is 0.0943. The minimum absolute atomic E-state index is 0.115. The van der Waals surface area contributed by atoms with Gasteiger partial charge in [-0.3, -0.25) is 0 Å². The van der Waals surface area contributed by atoms with Crippen LogP contribution >= 0.6 is 11.3 Å². The van der Waals surface area contributed by atoms with Crippen LogP contribution in [0.4, 0.5) is 4.79 Å². The Bertz CT molecular complexity index is 422. The molecule has 0 spiro atoms. The molecule has 2 rings (SSSR count). The molecule has 0 radical (unpaired) electrons. The average Bonchev–Trinajstić information content (AvgIpc) is 2.87. The first-order valence-corrected chi connectivity index (χ1v) is 7.66. The predicted molar refractivity (Wildman–Crippen MR) is 75.1 cm³/mol. The molecule has 0 unspecified atom stereocenters. The van der Waals surface area contributed by atoms with E-state index in [1.54, 1.807) is 11.3 Å². The summed E-state index contributed by atoms with van der Waals surface area (Å²) in [5.74, 6) is 0. The van der Waals surface area contributed by atoms with Gasteiger partial charge in [0.25, 0.3) is 0 Å². The van der Waals surface area contributed by atoms with Crippen molar-refractivity contribution in [3.05, 3.63) is 16.1 Å². The molecule has 1 fully saturated rings. The van der Waals surface area contributed by atoms with E-state index in [0.717, 1.165) is 37.1 Å². The summed E-state index contributed by atoms with van der Waals surface area (Å²) >= 11 is 1.62. The van der Waals surface area contributed by atoms with Crippen LogP contribution in [0.3, 0.4) is 0 Å². The third-order valence-corrected chi connectivity index (χ3v) is 4.54. The molecular weight excluding hydrogens is 262 g/mol. The van der Waals surface area contributed by atoms with Crippen LogP contribution in [0.25, 0.3) is 0 Å². The van der Waals surface area contributed by atoms with Crippen LogP contribution < -0.4 is 10.6 Å². The Hall–Kier alpha value is -1.14. The highest BCUT2D eigenvalue weighted by atomic mass is 32.1. The van der Waals surface area contributed by atoms with Gasteiger partial charge >= 0.3 is 6.03 Å². The third-order valence-electron chi connectivity index (χ3n) is 3.40. The van der Waals surface area contributed by atoms with Gasteiger partial charge < -0.3 is 15.7 Å². The van der Waals surface area contributed by atoms with Crippen molar-refractivity contribution in [2.75, 3.05) is 0 Å². The Balaban J connectivity index is 1.74. The van der Waals surface area contributed by atoms with E-state index < -0.39 is 6.10 Å². The Morgan fingerprint density at radius 2 is 2.32 bits per heavy atom. The predicted octanol–water partition coefficient (Wildman–Crippen LogP) is 1.81. The van der Waals surface area contributed by atoms with Crippen molar-refractivity contribution in [2.45, 2.75) is 57.7 Å². The fourth-order valence-electron chi connectivity index (χ4n) is 2.25. The molecule has 0 saturated heterocycles. The normalized spacial score (nSPS) is 23.1. The zero-order valence-corrected chi connectivity index (χ0v) is 12.0. The zero-order valence-electron chi connectivity index (χ0n) is 11.2. The van der Waals surface area contributed by atoms with Crippen LogP contribution in [-0.2, 0) is 13.0 Å². The second-order valence-electron chi connectivity index (χ2n) is 4.86. The van der Waals surface area contributed by atoms with E-state index in [2.05, 4.69) is 22.5 Å². The first-order chi connectivity index (χ1) is 9.19. The van der Waals surface area contributed by atoms with Crippen molar-refractivity contribution in [1.82, 2.24) is 15.6 Å². The van der Waals surface area contributed by atoms with Gasteiger partial charge in [-0.25, -0.2) is 9.78 Å². The molecular formula is C13H21N3O2S. The lowest BCUT2D eigenvalue weighted by atomic mass is 9.93. The highest BCUT2D eigenvalue weighted by Crippen LogP contribution is 2.18. The van der Waals surface area contributed by atoms with Crippen molar-refractivity contribution in [1.29, 1.82) is 0 Å².